The number of anilines is 3. The van der Waals surface area contributed by atoms with Gasteiger partial charge >= 0.3 is 5.97 Å². The number of para-hydroxylation sites is 1. The first-order valence-electron chi connectivity index (χ1n) is 10.2. The van der Waals surface area contributed by atoms with E-state index in [0.717, 1.165) is 0 Å². The summed E-state index contributed by atoms with van der Waals surface area (Å²) in [5.41, 5.74) is 1.55. The number of nitrogens with one attached hydrogen (secondary N) is 3. The van der Waals surface area contributed by atoms with Crippen molar-refractivity contribution in [1.82, 2.24) is 0 Å². The molecule has 176 valence electrons. The number of hydrogen-bond donors (Lipinski definition) is 3. The van der Waals surface area contributed by atoms with E-state index in [1.807, 2.05) is 0 Å². The van der Waals surface area contributed by atoms with Crippen molar-refractivity contribution in [2.75, 3.05) is 15.4 Å². The quantitative estimate of drug-likeness (QED) is 0.421. The molecule has 0 bridgehead atoms. The molecule has 0 aliphatic heterocycles. The normalized spacial score (nSPS) is 11.7. The Morgan fingerprint density at radius 1 is 0.765 bits per heavy atom. The van der Waals surface area contributed by atoms with E-state index in [1.165, 1.54) is 38.1 Å². The van der Waals surface area contributed by atoms with Gasteiger partial charge in [-0.3, -0.25) is 14.3 Å². The fourth-order valence-electron chi connectivity index (χ4n) is 2.86. The molecule has 0 aliphatic carbocycles. The maximum atomic E-state index is 12.5. The summed E-state index contributed by atoms with van der Waals surface area (Å²) >= 11 is 0. The van der Waals surface area contributed by atoms with Gasteiger partial charge in [-0.25, -0.2) is 13.2 Å². The van der Waals surface area contributed by atoms with Gasteiger partial charge in [0.2, 0.25) is 5.91 Å². The molecule has 0 spiro atoms. The average Bonchev–Trinajstić information content (AvgIpc) is 2.80. The molecule has 3 aromatic rings. The third-order valence-corrected chi connectivity index (χ3v) is 5.95. The van der Waals surface area contributed by atoms with Crippen LogP contribution < -0.4 is 15.4 Å². The van der Waals surface area contributed by atoms with Crippen molar-refractivity contribution in [1.29, 1.82) is 0 Å². The summed E-state index contributed by atoms with van der Waals surface area (Å²) in [5.74, 6) is -1.54. The van der Waals surface area contributed by atoms with Gasteiger partial charge in [0, 0.05) is 24.0 Å². The molecular formula is C24H23N3O6S. The number of sulfonamides is 1. The van der Waals surface area contributed by atoms with E-state index in [1.54, 1.807) is 54.6 Å². The highest BCUT2D eigenvalue weighted by Gasteiger charge is 2.20. The molecule has 0 heterocycles. The molecular weight excluding hydrogens is 458 g/mol. The lowest BCUT2D eigenvalue weighted by Gasteiger charge is -2.14. The highest BCUT2D eigenvalue weighted by molar-refractivity contribution is 7.92. The highest BCUT2D eigenvalue weighted by Crippen LogP contribution is 2.18. The number of carbonyl (C=O) groups excluding carboxylic acids is 3. The zero-order chi connectivity index (χ0) is 24.7. The second kappa shape index (κ2) is 10.6. The highest BCUT2D eigenvalue weighted by atomic mass is 32.2. The Bertz CT molecular complexity index is 1270. The van der Waals surface area contributed by atoms with E-state index in [0.29, 0.717) is 17.1 Å². The summed E-state index contributed by atoms with van der Waals surface area (Å²) in [7, 11) is -3.83. The predicted octanol–water partition coefficient (Wildman–Crippen LogP) is 3.63. The van der Waals surface area contributed by atoms with Crippen molar-refractivity contribution in [2.45, 2.75) is 24.8 Å². The maximum Gasteiger partial charge on any atom is 0.338 e. The predicted molar refractivity (Wildman–Crippen MR) is 128 cm³/mol. The molecule has 3 aromatic carbocycles. The van der Waals surface area contributed by atoms with E-state index < -0.39 is 28.0 Å². The summed E-state index contributed by atoms with van der Waals surface area (Å²) in [4.78, 5) is 35.8. The molecule has 0 fully saturated rings. The molecule has 0 saturated carbocycles. The second-order valence-corrected chi connectivity index (χ2v) is 8.97. The number of esters is 1. The van der Waals surface area contributed by atoms with Crippen molar-refractivity contribution < 1.29 is 27.5 Å². The smallest absolute Gasteiger partial charge is 0.338 e. The lowest BCUT2D eigenvalue weighted by molar-refractivity contribution is -0.123. The monoisotopic (exact) mass is 481 g/mol. The Hall–Kier alpha value is -4.18. The van der Waals surface area contributed by atoms with Gasteiger partial charge < -0.3 is 15.4 Å². The van der Waals surface area contributed by atoms with Crippen LogP contribution in [0, 0.1) is 0 Å². The lowest BCUT2D eigenvalue weighted by Crippen LogP contribution is -2.30. The van der Waals surface area contributed by atoms with Crippen molar-refractivity contribution in [3.8, 4) is 0 Å². The largest absolute Gasteiger partial charge is 0.449 e. The van der Waals surface area contributed by atoms with E-state index in [2.05, 4.69) is 15.4 Å². The summed E-state index contributed by atoms with van der Waals surface area (Å²) in [5, 5.41) is 5.23. The molecule has 1 atom stereocenters. The van der Waals surface area contributed by atoms with E-state index in [-0.39, 0.29) is 16.4 Å². The van der Waals surface area contributed by atoms with Gasteiger partial charge in [-0.05, 0) is 67.6 Å². The van der Waals surface area contributed by atoms with Gasteiger partial charge in [0.1, 0.15) is 0 Å². The van der Waals surface area contributed by atoms with Crippen LogP contribution in [-0.4, -0.2) is 32.3 Å². The average molecular weight is 482 g/mol. The Morgan fingerprint density at radius 2 is 1.32 bits per heavy atom. The van der Waals surface area contributed by atoms with Crippen molar-refractivity contribution in [3.63, 3.8) is 0 Å². The molecule has 0 aromatic heterocycles. The first-order valence-corrected chi connectivity index (χ1v) is 11.7. The minimum Gasteiger partial charge on any atom is -0.449 e. The van der Waals surface area contributed by atoms with Crippen LogP contribution >= 0.6 is 0 Å². The Morgan fingerprint density at radius 3 is 1.88 bits per heavy atom. The van der Waals surface area contributed by atoms with Crippen LogP contribution in [0.1, 0.15) is 24.2 Å². The molecule has 0 unspecified atom stereocenters. The number of amides is 2. The number of rotatable bonds is 8. The van der Waals surface area contributed by atoms with Crippen LogP contribution in [0.2, 0.25) is 0 Å². The van der Waals surface area contributed by atoms with Crippen LogP contribution in [0.25, 0.3) is 0 Å². The zero-order valence-corrected chi connectivity index (χ0v) is 19.3. The SMILES string of the molecule is CC(=O)Nc1ccc(NC(=O)[C@H](C)OC(=O)c2ccc(S(=O)(=O)Nc3ccccc3)cc2)cc1. The molecule has 2 amide bonds. The van der Waals surface area contributed by atoms with Gasteiger partial charge in [0.05, 0.1) is 10.5 Å². The summed E-state index contributed by atoms with van der Waals surface area (Å²) in [6, 6.07) is 20.0. The second-order valence-electron chi connectivity index (χ2n) is 7.29. The van der Waals surface area contributed by atoms with Crippen LogP contribution in [-0.2, 0) is 24.3 Å². The van der Waals surface area contributed by atoms with Crippen molar-refractivity contribution in [2.24, 2.45) is 0 Å². The molecule has 3 N–H and O–H groups in total. The molecule has 34 heavy (non-hydrogen) atoms. The minimum absolute atomic E-state index is 0.0265. The van der Waals surface area contributed by atoms with Crippen LogP contribution in [0.5, 0.6) is 0 Å². The number of carbonyl (C=O) groups is 3. The van der Waals surface area contributed by atoms with Gasteiger partial charge in [-0.2, -0.15) is 0 Å². The first-order chi connectivity index (χ1) is 16.1. The van der Waals surface area contributed by atoms with E-state index >= 15 is 0 Å². The van der Waals surface area contributed by atoms with Gasteiger partial charge in [-0.15, -0.1) is 0 Å². The summed E-state index contributed by atoms with van der Waals surface area (Å²) < 4.78 is 32.6. The number of ether oxygens (including phenoxy) is 1. The lowest BCUT2D eigenvalue weighted by atomic mass is 10.2. The molecule has 0 saturated heterocycles. The molecule has 10 heteroatoms. The first kappa shape index (κ1) is 24.5. The topological polar surface area (TPSA) is 131 Å². The van der Waals surface area contributed by atoms with Gasteiger partial charge in [0.25, 0.3) is 15.9 Å². The van der Waals surface area contributed by atoms with Crippen LogP contribution in [0.4, 0.5) is 17.1 Å². The maximum absolute atomic E-state index is 12.5. The fourth-order valence-corrected chi connectivity index (χ4v) is 3.92. The third-order valence-electron chi connectivity index (χ3n) is 4.55. The van der Waals surface area contributed by atoms with E-state index in [9.17, 15) is 22.8 Å². The van der Waals surface area contributed by atoms with Crippen LogP contribution in [0.3, 0.4) is 0 Å². The summed E-state index contributed by atoms with van der Waals surface area (Å²) in [6.45, 7) is 2.81. The molecule has 0 radical (unpaired) electrons. The molecule has 3 rings (SSSR count). The minimum atomic E-state index is -3.83. The third kappa shape index (κ3) is 6.66. The molecule has 0 aliphatic rings. The number of hydrogen-bond acceptors (Lipinski definition) is 6. The Kier molecular flexibility index (Phi) is 7.64. The zero-order valence-electron chi connectivity index (χ0n) is 18.4. The number of benzene rings is 3. The Labute approximate surface area is 197 Å². The van der Waals surface area contributed by atoms with Gasteiger partial charge in [-0.1, -0.05) is 18.2 Å². The Balaban J connectivity index is 1.58. The van der Waals surface area contributed by atoms with Crippen molar-refractivity contribution in [3.05, 3.63) is 84.4 Å². The van der Waals surface area contributed by atoms with Crippen LogP contribution in [0.15, 0.2) is 83.8 Å². The van der Waals surface area contributed by atoms with Crippen molar-refractivity contribution >= 4 is 44.9 Å². The summed E-state index contributed by atoms with van der Waals surface area (Å²) in [6.07, 6.45) is -1.11. The standard InChI is InChI=1S/C24H23N3O6S/c1-16(23(29)26-20-12-10-19(11-13-20)25-17(2)28)33-24(30)18-8-14-22(15-9-18)34(31,32)27-21-6-4-3-5-7-21/h3-16,27H,1-2H3,(H,25,28)(H,26,29)/t16-/m0/s1. The fraction of sp³-hybridized carbons (Fsp3) is 0.125. The van der Waals surface area contributed by atoms with E-state index in [4.69, 9.17) is 4.74 Å². The molecule has 9 nitrogen and oxygen atoms in total. The van der Waals surface area contributed by atoms with Gasteiger partial charge in [0.15, 0.2) is 6.10 Å².